The van der Waals surface area contributed by atoms with Gasteiger partial charge >= 0.3 is 0 Å². The Balaban J connectivity index is 0.00000176. The van der Waals surface area contributed by atoms with Gasteiger partial charge in [-0.15, -0.1) is 12.1 Å². The Morgan fingerprint density at radius 3 is 2.18 bits per heavy atom. The van der Waals surface area contributed by atoms with Crippen LogP contribution >= 0.6 is 0 Å². The molecule has 3 rings (SSSR count). The minimum Gasteiger partial charge on any atom is -0.415 e. The zero-order valence-electron chi connectivity index (χ0n) is 12.9. The van der Waals surface area contributed by atoms with E-state index in [9.17, 15) is 0 Å². The molecule has 1 nitrogen and oxygen atoms in total. The predicted molar refractivity (Wildman–Crippen MR) is 89.3 cm³/mol. The van der Waals surface area contributed by atoms with Crippen molar-refractivity contribution in [1.82, 2.24) is 0 Å². The second-order valence-electron chi connectivity index (χ2n) is 5.18. The quantitative estimate of drug-likeness (QED) is 0.613. The van der Waals surface area contributed by atoms with Gasteiger partial charge in [-0.2, -0.15) is 36.4 Å². The third-order valence-electron chi connectivity index (χ3n) is 3.49. The van der Waals surface area contributed by atoms with Gasteiger partial charge < -0.3 is 4.90 Å². The molecule has 0 unspecified atom stereocenters. The fourth-order valence-electron chi connectivity index (χ4n) is 2.42. The zero-order valence-corrected chi connectivity index (χ0v) is 15.7. The van der Waals surface area contributed by atoms with Gasteiger partial charge in [0.05, 0.1) is 0 Å². The standard InChI is InChI=1S/C20H17N.Y/c1-21(2)20-14-13-18(16-9-5-3-6-10-16)15-19(20)17-11-7-4-8-12-17;/h3-9,11-12,14-15H,1-2H3;/q-2;. The Morgan fingerprint density at radius 1 is 0.818 bits per heavy atom. The maximum atomic E-state index is 3.37. The van der Waals surface area contributed by atoms with Crippen molar-refractivity contribution in [1.29, 1.82) is 0 Å². The first kappa shape index (κ1) is 16.9. The van der Waals surface area contributed by atoms with Crippen molar-refractivity contribution in [2.45, 2.75) is 0 Å². The van der Waals surface area contributed by atoms with Gasteiger partial charge in [-0.1, -0.05) is 35.9 Å². The Kier molecular flexibility index (Phi) is 5.93. The first-order valence-electron chi connectivity index (χ1n) is 7.01. The van der Waals surface area contributed by atoms with Crippen LogP contribution in [0.4, 0.5) is 5.69 Å². The van der Waals surface area contributed by atoms with E-state index in [1.165, 1.54) is 16.8 Å². The van der Waals surface area contributed by atoms with Crippen molar-refractivity contribution in [2.24, 2.45) is 0 Å². The van der Waals surface area contributed by atoms with Crippen molar-refractivity contribution in [3.8, 4) is 22.3 Å². The fourth-order valence-corrected chi connectivity index (χ4v) is 2.42. The second-order valence-corrected chi connectivity index (χ2v) is 5.18. The number of nitrogens with zero attached hydrogens (tertiary/aromatic N) is 1. The van der Waals surface area contributed by atoms with Crippen molar-refractivity contribution in [3.05, 3.63) is 78.9 Å². The van der Waals surface area contributed by atoms with Gasteiger partial charge in [0.15, 0.2) is 0 Å². The second kappa shape index (κ2) is 7.71. The molecule has 0 aliphatic rings. The summed E-state index contributed by atoms with van der Waals surface area (Å²) < 4.78 is 0. The van der Waals surface area contributed by atoms with Gasteiger partial charge in [-0.05, 0) is 25.3 Å². The molecule has 0 N–H and O–H groups in total. The molecule has 0 amide bonds. The van der Waals surface area contributed by atoms with Crippen molar-refractivity contribution in [3.63, 3.8) is 0 Å². The molecule has 1 radical (unpaired) electrons. The Hall–Kier alpha value is -1.44. The molecule has 0 aliphatic carbocycles. The van der Waals surface area contributed by atoms with Gasteiger partial charge in [0, 0.05) is 32.7 Å². The topological polar surface area (TPSA) is 3.24 Å². The summed E-state index contributed by atoms with van der Waals surface area (Å²) in [6.07, 6.45) is 0. The van der Waals surface area contributed by atoms with Crippen molar-refractivity contribution >= 4 is 5.69 Å². The maximum absolute atomic E-state index is 3.37. The fraction of sp³-hybridized carbons (Fsp3) is 0.100. The van der Waals surface area contributed by atoms with Crippen LogP contribution in [0.15, 0.2) is 66.7 Å². The summed E-state index contributed by atoms with van der Waals surface area (Å²) in [5, 5.41) is 0. The third-order valence-corrected chi connectivity index (χ3v) is 3.49. The minimum absolute atomic E-state index is 0. The molecule has 3 aromatic rings. The van der Waals surface area contributed by atoms with E-state index in [0.717, 1.165) is 11.1 Å². The molecular weight excluding hydrogens is 343 g/mol. The third kappa shape index (κ3) is 3.66. The summed E-state index contributed by atoms with van der Waals surface area (Å²) in [5.41, 5.74) is 5.74. The van der Waals surface area contributed by atoms with E-state index < -0.39 is 0 Å². The predicted octanol–water partition coefficient (Wildman–Crippen LogP) is 4.68. The number of anilines is 1. The van der Waals surface area contributed by atoms with Gasteiger partial charge in [0.2, 0.25) is 0 Å². The van der Waals surface area contributed by atoms with E-state index in [-0.39, 0.29) is 32.7 Å². The Labute approximate surface area is 157 Å². The zero-order chi connectivity index (χ0) is 14.7. The Bertz CT molecular complexity index is 721. The summed E-state index contributed by atoms with van der Waals surface area (Å²) in [4.78, 5) is 2.12. The van der Waals surface area contributed by atoms with Crippen LogP contribution in [-0.4, -0.2) is 14.1 Å². The molecule has 0 fully saturated rings. The summed E-state index contributed by atoms with van der Waals surface area (Å²) in [6, 6.07) is 29.4. The van der Waals surface area contributed by atoms with E-state index in [2.05, 4.69) is 73.6 Å². The first-order valence-corrected chi connectivity index (χ1v) is 7.01. The molecular formula is C20H17NY-2. The molecule has 0 saturated carbocycles. The molecule has 3 aromatic carbocycles. The van der Waals surface area contributed by atoms with E-state index in [4.69, 9.17) is 0 Å². The monoisotopic (exact) mass is 360 g/mol. The number of hydrogen-bond acceptors (Lipinski definition) is 1. The molecule has 0 spiro atoms. The van der Waals surface area contributed by atoms with E-state index in [1.807, 2.05) is 24.3 Å². The molecule has 0 aliphatic heterocycles. The van der Waals surface area contributed by atoms with Crippen LogP contribution in [-0.2, 0) is 32.7 Å². The molecule has 0 saturated heterocycles. The smallest absolute Gasteiger partial charge is 0 e. The van der Waals surface area contributed by atoms with Crippen LogP contribution in [0.3, 0.4) is 0 Å². The summed E-state index contributed by atoms with van der Waals surface area (Å²) in [7, 11) is 4.12. The molecule has 2 heteroatoms. The van der Waals surface area contributed by atoms with Gasteiger partial charge in [-0.3, -0.25) is 0 Å². The van der Waals surface area contributed by atoms with Gasteiger partial charge in [-0.25, -0.2) is 11.1 Å². The number of benzene rings is 3. The van der Waals surface area contributed by atoms with Crippen LogP contribution < -0.4 is 4.90 Å². The van der Waals surface area contributed by atoms with Gasteiger partial charge in [0.1, 0.15) is 0 Å². The van der Waals surface area contributed by atoms with E-state index >= 15 is 0 Å². The molecule has 107 valence electrons. The van der Waals surface area contributed by atoms with Crippen LogP contribution in [0.2, 0.25) is 0 Å². The molecule has 0 bridgehead atoms. The molecule has 22 heavy (non-hydrogen) atoms. The van der Waals surface area contributed by atoms with Crippen LogP contribution in [0, 0.1) is 12.1 Å². The summed E-state index contributed by atoms with van der Waals surface area (Å²) in [6.45, 7) is 0. The molecule has 0 aromatic heterocycles. The Morgan fingerprint density at radius 2 is 1.55 bits per heavy atom. The van der Waals surface area contributed by atoms with Gasteiger partial charge in [0.25, 0.3) is 0 Å². The SMILES string of the molecule is CN(C)c1c[c-]c(-c2[c-]cccc2)cc1-c1ccccc1.[Y]. The number of hydrogen-bond donors (Lipinski definition) is 0. The minimum atomic E-state index is 0. The number of rotatable bonds is 3. The van der Waals surface area contributed by atoms with E-state index in [1.54, 1.807) is 0 Å². The van der Waals surface area contributed by atoms with Crippen LogP contribution in [0.1, 0.15) is 0 Å². The largest absolute Gasteiger partial charge is 0.415 e. The van der Waals surface area contributed by atoms with Crippen LogP contribution in [0.25, 0.3) is 22.3 Å². The maximum Gasteiger partial charge on any atom is 0 e. The average molecular weight is 360 g/mol. The average Bonchev–Trinajstić information content (AvgIpc) is 2.56. The summed E-state index contributed by atoms with van der Waals surface area (Å²) in [5.74, 6) is 0. The van der Waals surface area contributed by atoms with E-state index in [0.29, 0.717) is 0 Å². The molecule has 0 heterocycles. The summed E-state index contributed by atoms with van der Waals surface area (Å²) >= 11 is 0. The van der Waals surface area contributed by atoms with Crippen molar-refractivity contribution < 1.29 is 32.7 Å². The van der Waals surface area contributed by atoms with Crippen LogP contribution in [0.5, 0.6) is 0 Å². The molecule has 0 atom stereocenters. The normalized spacial score (nSPS) is 9.91. The van der Waals surface area contributed by atoms with Crippen molar-refractivity contribution in [2.75, 3.05) is 19.0 Å². The first-order chi connectivity index (χ1) is 10.3.